The summed E-state index contributed by atoms with van der Waals surface area (Å²) < 4.78 is 5.90. The van der Waals surface area contributed by atoms with Crippen molar-refractivity contribution < 1.29 is 43.5 Å². The topological polar surface area (TPSA) is 198 Å². The van der Waals surface area contributed by atoms with Gasteiger partial charge in [0.1, 0.15) is 11.8 Å². The second kappa shape index (κ2) is 18.6. The van der Waals surface area contributed by atoms with Gasteiger partial charge in [-0.1, -0.05) is 24.3 Å². The molecule has 0 bridgehead atoms. The molecule has 1 atom stereocenters. The molecule has 3 aromatic carbocycles. The third-order valence-electron chi connectivity index (χ3n) is 11.6. The van der Waals surface area contributed by atoms with Crippen molar-refractivity contribution in [2.75, 3.05) is 57.3 Å². The number of carbonyl (C=O) groups is 7. The van der Waals surface area contributed by atoms with Gasteiger partial charge in [-0.3, -0.25) is 53.9 Å². The summed E-state index contributed by atoms with van der Waals surface area (Å²) in [7, 11) is 0. The molecule has 7 rings (SSSR count). The van der Waals surface area contributed by atoms with Crippen LogP contribution in [0.3, 0.4) is 0 Å². The van der Waals surface area contributed by atoms with E-state index in [1.54, 1.807) is 29.7 Å². The number of ether oxygens (including phenoxy) is 1. The quantitative estimate of drug-likeness (QED) is 0.0809. The number of nitrogens with zero attached hydrogens (tertiary/aromatic N) is 4. The number of amides is 7. The second-order valence-corrected chi connectivity index (χ2v) is 15.3. The molecule has 16 heteroatoms. The van der Waals surface area contributed by atoms with Gasteiger partial charge in [0.05, 0.1) is 23.4 Å². The molecule has 59 heavy (non-hydrogen) atoms. The minimum Gasteiger partial charge on any atom is -0.494 e. The third kappa shape index (κ3) is 9.44. The van der Waals surface area contributed by atoms with E-state index in [4.69, 9.17) is 9.94 Å². The lowest BCUT2D eigenvalue weighted by atomic mass is 10.0. The van der Waals surface area contributed by atoms with Gasteiger partial charge in [0.15, 0.2) is 0 Å². The van der Waals surface area contributed by atoms with Crippen molar-refractivity contribution in [1.82, 2.24) is 30.8 Å². The minimum atomic E-state index is -1.00. The Labute approximate surface area is 341 Å². The van der Waals surface area contributed by atoms with Crippen LogP contribution in [0.4, 0.5) is 5.69 Å². The van der Waals surface area contributed by atoms with E-state index in [9.17, 15) is 33.6 Å². The van der Waals surface area contributed by atoms with Gasteiger partial charge in [0.25, 0.3) is 23.6 Å². The summed E-state index contributed by atoms with van der Waals surface area (Å²) in [6.07, 6.45) is 4.54. The summed E-state index contributed by atoms with van der Waals surface area (Å²) >= 11 is 0. The van der Waals surface area contributed by atoms with E-state index in [-0.39, 0.29) is 35.8 Å². The highest BCUT2D eigenvalue weighted by Crippen LogP contribution is 2.35. The zero-order chi connectivity index (χ0) is 41.5. The predicted octanol–water partition coefficient (Wildman–Crippen LogP) is 2.54. The SMILES string of the molecule is O=C1CCC(N2C(=O)c3cccc(N4CCN(C5CCN(C(=O)CCCCOc6ccc(CCNC(=O)c7cccc(C(=O)NO)c7)cc6)CC5)CC4)c3C2=O)C(=O)N1. The van der Waals surface area contributed by atoms with E-state index in [1.165, 1.54) is 12.1 Å². The Kier molecular flexibility index (Phi) is 13.0. The number of anilines is 1. The summed E-state index contributed by atoms with van der Waals surface area (Å²) in [4.78, 5) is 95.8. The first-order valence-electron chi connectivity index (χ1n) is 20.3. The highest BCUT2D eigenvalue weighted by atomic mass is 16.5. The van der Waals surface area contributed by atoms with E-state index in [0.29, 0.717) is 75.0 Å². The fraction of sp³-hybridized carbons (Fsp3) is 0.419. The number of piperidine rings is 2. The number of carbonyl (C=O) groups excluding carboxylic acids is 7. The lowest BCUT2D eigenvalue weighted by Crippen LogP contribution is -2.54. The summed E-state index contributed by atoms with van der Waals surface area (Å²) in [6.45, 7) is 5.25. The molecule has 3 saturated heterocycles. The molecule has 310 valence electrons. The van der Waals surface area contributed by atoms with Gasteiger partial charge in [-0.15, -0.1) is 0 Å². The molecule has 0 spiro atoms. The van der Waals surface area contributed by atoms with Crippen LogP contribution < -0.4 is 25.8 Å². The molecule has 4 aliphatic rings. The molecule has 16 nitrogen and oxygen atoms in total. The van der Waals surface area contributed by atoms with E-state index in [1.807, 2.05) is 35.2 Å². The first kappa shape index (κ1) is 41.0. The minimum absolute atomic E-state index is 0.0747. The van der Waals surface area contributed by atoms with E-state index in [2.05, 4.69) is 20.4 Å². The molecule has 4 N–H and O–H groups in total. The number of hydrogen-bond acceptors (Lipinski definition) is 11. The van der Waals surface area contributed by atoms with E-state index in [0.717, 1.165) is 55.0 Å². The number of benzene rings is 3. The average molecular weight is 808 g/mol. The summed E-state index contributed by atoms with van der Waals surface area (Å²) in [5.41, 5.74) is 4.38. The zero-order valence-corrected chi connectivity index (χ0v) is 32.8. The first-order valence-corrected chi connectivity index (χ1v) is 20.3. The fourth-order valence-corrected chi connectivity index (χ4v) is 8.34. The van der Waals surface area contributed by atoms with Gasteiger partial charge in [-0.2, -0.15) is 0 Å². The lowest BCUT2D eigenvalue weighted by Gasteiger charge is -2.43. The van der Waals surface area contributed by atoms with Crippen molar-refractivity contribution in [1.29, 1.82) is 0 Å². The molecular formula is C43H49N7O9. The van der Waals surface area contributed by atoms with Crippen LogP contribution in [0, 0.1) is 0 Å². The van der Waals surface area contributed by atoms with Crippen molar-refractivity contribution >= 4 is 47.0 Å². The van der Waals surface area contributed by atoms with Crippen LogP contribution in [0.5, 0.6) is 5.75 Å². The Morgan fingerprint density at radius 2 is 1.51 bits per heavy atom. The molecule has 0 radical (unpaired) electrons. The number of fused-ring (bicyclic) bond motifs is 1. The number of rotatable bonds is 14. The van der Waals surface area contributed by atoms with Gasteiger partial charge < -0.3 is 19.9 Å². The summed E-state index contributed by atoms with van der Waals surface area (Å²) in [5.74, 6) is -2.13. The van der Waals surface area contributed by atoms with Crippen LogP contribution in [-0.2, 0) is 20.8 Å². The number of hydrogen-bond donors (Lipinski definition) is 4. The smallest absolute Gasteiger partial charge is 0.274 e. The molecule has 7 amide bonds. The molecule has 4 heterocycles. The molecular weight excluding hydrogens is 759 g/mol. The molecule has 4 aliphatic heterocycles. The Morgan fingerprint density at radius 3 is 2.22 bits per heavy atom. The Bertz CT molecular complexity index is 2090. The van der Waals surface area contributed by atoms with Crippen LogP contribution in [0.15, 0.2) is 66.7 Å². The number of nitrogens with one attached hydrogen (secondary N) is 3. The average Bonchev–Trinajstić information content (AvgIpc) is 3.52. The maximum atomic E-state index is 13.6. The van der Waals surface area contributed by atoms with Crippen molar-refractivity contribution in [2.24, 2.45) is 0 Å². The van der Waals surface area contributed by atoms with Crippen LogP contribution in [0.25, 0.3) is 0 Å². The molecule has 0 aromatic heterocycles. The molecule has 0 aliphatic carbocycles. The second-order valence-electron chi connectivity index (χ2n) is 15.3. The normalized spacial score (nSPS) is 18.7. The van der Waals surface area contributed by atoms with Crippen molar-refractivity contribution in [3.63, 3.8) is 0 Å². The number of hydroxylamine groups is 1. The standard InChI is InChI=1S/C43H49N7O9/c51-36-15-14-35(41(55)45-36)50-42(56)33-7-4-8-34(38(33)43(50)57)48-24-22-47(23-25-48)31-17-20-49(21-18-31)37(52)9-1-2-26-59-32-12-10-28(11-13-32)16-19-44-39(53)29-5-3-6-30(27-29)40(54)46-58/h3-8,10-13,27,31,35,58H,1-2,9,14-26H2,(H,44,53)(H,46,54)(H,45,51,55). The van der Waals surface area contributed by atoms with Crippen molar-refractivity contribution in [3.8, 4) is 5.75 Å². The first-order chi connectivity index (χ1) is 28.6. The maximum Gasteiger partial charge on any atom is 0.274 e. The van der Waals surface area contributed by atoms with Gasteiger partial charge in [-0.05, 0) is 86.6 Å². The predicted molar refractivity (Wildman–Crippen MR) is 214 cm³/mol. The molecule has 1 unspecified atom stereocenters. The van der Waals surface area contributed by atoms with Crippen LogP contribution in [0.1, 0.15) is 91.9 Å². The maximum absolute atomic E-state index is 13.6. The van der Waals surface area contributed by atoms with Crippen LogP contribution >= 0.6 is 0 Å². The molecule has 0 saturated carbocycles. The van der Waals surface area contributed by atoms with Gasteiger partial charge in [0, 0.05) is 75.8 Å². The van der Waals surface area contributed by atoms with Crippen molar-refractivity contribution in [2.45, 2.75) is 63.5 Å². The van der Waals surface area contributed by atoms with Gasteiger partial charge >= 0.3 is 0 Å². The lowest BCUT2D eigenvalue weighted by molar-refractivity contribution is -0.136. The van der Waals surface area contributed by atoms with Gasteiger partial charge in [0.2, 0.25) is 17.7 Å². The summed E-state index contributed by atoms with van der Waals surface area (Å²) in [6, 6.07) is 18.4. The highest BCUT2D eigenvalue weighted by Gasteiger charge is 2.46. The fourth-order valence-electron chi connectivity index (χ4n) is 8.34. The molecule has 3 fully saturated rings. The van der Waals surface area contributed by atoms with Crippen LogP contribution in [0.2, 0.25) is 0 Å². The Hall–Kier alpha value is -6.13. The monoisotopic (exact) mass is 807 g/mol. The number of piperazine rings is 1. The Balaban J connectivity index is 0.775. The third-order valence-corrected chi connectivity index (χ3v) is 11.6. The van der Waals surface area contributed by atoms with Crippen molar-refractivity contribution in [3.05, 3.63) is 94.5 Å². The van der Waals surface area contributed by atoms with Gasteiger partial charge in [-0.25, -0.2) is 5.48 Å². The van der Waals surface area contributed by atoms with Crippen LogP contribution in [-0.4, -0.2) is 126 Å². The van der Waals surface area contributed by atoms with E-state index >= 15 is 0 Å². The molecule has 3 aromatic rings. The summed E-state index contributed by atoms with van der Waals surface area (Å²) in [5, 5.41) is 13.9. The highest BCUT2D eigenvalue weighted by molar-refractivity contribution is 6.25. The Morgan fingerprint density at radius 1 is 0.797 bits per heavy atom. The largest absolute Gasteiger partial charge is 0.494 e. The van der Waals surface area contributed by atoms with E-state index < -0.39 is 35.6 Å². The zero-order valence-electron chi connectivity index (χ0n) is 32.8. The number of imide groups is 2. The number of likely N-dealkylation sites (tertiary alicyclic amines) is 1. The number of unbranched alkanes of at least 4 members (excludes halogenated alkanes) is 1.